The van der Waals surface area contributed by atoms with Gasteiger partial charge >= 0.3 is 0 Å². The molecule has 1 N–H and O–H groups in total. The van der Waals surface area contributed by atoms with E-state index in [2.05, 4.69) is 31.3 Å². The number of halogens is 1. The summed E-state index contributed by atoms with van der Waals surface area (Å²) in [6.07, 6.45) is 2.47. The zero-order valence-corrected chi connectivity index (χ0v) is 16.6. The first kappa shape index (κ1) is 20.7. The van der Waals surface area contributed by atoms with Crippen LogP contribution in [-0.2, 0) is 15.0 Å². The van der Waals surface area contributed by atoms with Gasteiger partial charge in [-0.15, -0.1) is 12.4 Å². The molecule has 0 radical (unpaired) electrons. The molecule has 0 aromatic heterocycles. The van der Waals surface area contributed by atoms with Crippen LogP contribution in [0.2, 0.25) is 0 Å². The van der Waals surface area contributed by atoms with Crippen LogP contribution in [0.25, 0.3) is 0 Å². The van der Waals surface area contributed by atoms with Gasteiger partial charge in [-0.05, 0) is 23.8 Å². The minimum atomic E-state index is -0.184. The summed E-state index contributed by atoms with van der Waals surface area (Å²) < 4.78 is 0. The van der Waals surface area contributed by atoms with Crippen LogP contribution in [0.5, 0.6) is 0 Å². The van der Waals surface area contributed by atoms with Crippen LogP contribution < -0.4 is 5.32 Å². The van der Waals surface area contributed by atoms with Gasteiger partial charge in [0.1, 0.15) is 0 Å². The second kappa shape index (κ2) is 8.87. The molecule has 0 aliphatic carbocycles. The van der Waals surface area contributed by atoms with Crippen LogP contribution in [0.15, 0.2) is 30.3 Å². The number of nitrogens with zero attached hydrogens (tertiary/aromatic N) is 2. The van der Waals surface area contributed by atoms with E-state index in [-0.39, 0.29) is 35.7 Å². The third-order valence-electron chi connectivity index (χ3n) is 5.46. The molecule has 5 nitrogen and oxygen atoms in total. The minimum absolute atomic E-state index is 0. The molecule has 0 bridgehead atoms. The van der Waals surface area contributed by atoms with Crippen molar-refractivity contribution in [1.29, 1.82) is 0 Å². The van der Waals surface area contributed by atoms with Gasteiger partial charge in [-0.25, -0.2) is 0 Å². The molecule has 144 valence electrons. The number of carbonyl (C=O) groups excluding carboxylic acids is 2. The zero-order chi connectivity index (χ0) is 17.9. The Morgan fingerprint density at radius 3 is 2.65 bits per heavy atom. The fourth-order valence-electron chi connectivity index (χ4n) is 3.92. The van der Waals surface area contributed by atoms with Crippen LogP contribution in [0, 0.1) is 0 Å². The minimum Gasteiger partial charge on any atom is -0.341 e. The first-order valence-electron chi connectivity index (χ1n) is 9.31. The molecule has 2 heterocycles. The number of carbonyl (C=O) groups is 2. The van der Waals surface area contributed by atoms with Gasteiger partial charge in [0.25, 0.3) is 0 Å². The molecular weight excluding hydrogens is 350 g/mol. The molecule has 2 saturated heterocycles. The second-order valence-electron chi connectivity index (χ2n) is 7.83. The highest BCUT2D eigenvalue weighted by atomic mass is 35.5. The van der Waals surface area contributed by atoms with Gasteiger partial charge in [-0.1, -0.05) is 44.2 Å². The van der Waals surface area contributed by atoms with Gasteiger partial charge < -0.3 is 15.1 Å². The number of hydrogen-bond donors (Lipinski definition) is 1. The van der Waals surface area contributed by atoms with Crippen molar-refractivity contribution in [2.45, 2.75) is 44.6 Å². The third-order valence-corrected chi connectivity index (χ3v) is 5.46. The van der Waals surface area contributed by atoms with Crippen LogP contribution in [0.4, 0.5) is 0 Å². The zero-order valence-electron chi connectivity index (χ0n) is 15.7. The molecule has 1 aromatic carbocycles. The number of likely N-dealkylation sites (tertiary alicyclic amines) is 1. The monoisotopic (exact) mass is 379 g/mol. The first-order valence-corrected chi connectivity index (χ1v) is 9.31. The van der Waals surface area contributed by atoms with E-state index in [1.165, 1.54) is 5.56 Å². The lowest BCUT2D eigenvalue weighted by atomic mass is 9.81. The molecule has 2 fully saturated rings. The maximum absolute atomic E-state index is 12.9. The van der Waals surface area contributed by atoms with E-state index < -0.39 is 0 Å². The van der Waals surface area contributed by atoms with Crippen molar-refractivity contribution < 1.29 is 9.59 Å². The molecular formula is C20H30ClN3O2. The van der Waals surface area contributed by atoms with E-state index in [4.69, 9.17) is 0 Å². The van der Waals surface area contributed by atoms with E-state index >= 15 is 0 Å². The molecule has 0 saturated carbocycles. The van der Waals surface area contributed by atoms with Crippen LogP contribution in [0.3, 0.4) is 0 Å². The highest BCUT2D eigenvalue weighted by molar-refractivity contribution is 5.85. The summed E-state index contributed by atoms with van der Waals surface area (Å²) in [6.45, 7) is 7.75. The highest BCUT2D eigenvalue weighted by Gasteiger charge is 2.33. The molecule has 26 heavy (non-hydrogen) atoms. The Hall–Kier alpha value is -1.59. The van der Waals surface area contributed by atoms with Crippen molar-refractivity contribution in [2.75, 3.05) is 32.7 Å². The summed E-state index contributed by atoms with van der Waals surface area (Å²) in [5.41, 5.74) is 1.00. The molecule has 1 aromatic rings. The van der Waals surface area contributed by atoms with E-state index in [1.54, 1.807) is 0 Å². The quantitative estimate of drug-likeness (QED) is 0.872. The molecule has 3 rings (SSSR count). The van der Waals surface area contributed by atoms with Crippen molar-refractivity contribution in [2.24, 2.45) is 0 Å². The molecule has 6 heteroatoms. The van der Waals surface area contributed by atoms with Crippen molar-refractivity contribution in [3.63, 3.8) is 0 Å². The van der Waals surface area contributed by atoms with E-state index in [1.807, 2.05) is 28.0 Å². The third kappa shape index (κ3) is 4.77. The number of piperazine rings is 1. The number of nitrogens with one attached hydrogen (secondary N) is 1. The number of hydrogen-bond acceptors (Lipinski definition) is 3. The Balaban J connectivity index is 0.00000243. The Morgan fingerprint density at radius 2 is 1.96 bits per heavy atom. The average Bonchev–Trinajstić information content (AvgIpc) is 2.62. The predicted octanol–water partition coefficient (Wildman–Crippen LogP) is 2.20. The standard InChI is InChI=1S/C20H29N3O2.ClH/c1-20(2,16-7-4-3-5-8-16)13-18(24)22-11-6-9-17(15-22)23-12-10-21-14-19(23)25;/h3-5,7-8,17,21H,6,9-15H2,1-2H3;1H. The lowest BCUT2D eigenvalue weighted by molar-refractivity contribution is -0.141. The summed E-state index contributed by atoms with van der Waals surface area (Å²) in [5, 5.41) is 3.12. The smallest absolute Gasteiger partial charge is 0.236 e. The normalized spacial score (nSPS) is 21.3. The summed E-state index contributed by atoms with van der Waals surface area (Å²) >= 11 is 0. The largest absolute Gasteiger partial charge is 0.341 e. The summed E-state index contributed by atoms with van der Waals surface area (Å²) in [6, 6.07) is 10.4. The topological polar surface area (TPSA) is 52.7 Å². The number of amides is 2. The highest BCUT2D eigenvalue weighted by Crippen LogP contribution is 2.28. The lowest BCUT2D eigenvalue weighted by Crippen LogP contribution is -2.57. The van der Waals surface area contributed by atoms with Crippen molar-refractivity contribution in [3.8, 4) is 0 Å². The van der Waals surface area contributed by atoms with Gasteiger partial charge in [0.2, 0.25) is 11.8 Å². The average molecular weight is 380 g/mol. The Kier molecular flexibility index (Phi) is 7.07. The Labute approximate surface area is 162 Å². The van der Waals surface area contributed by atoms with Gasteiger partial charge in [0, 0.05) is 38.6 Å². The summed E-state index contributed by atoms with van der Waals surface area (Å²) in [5.74, 6) is 0.358. The molecule has 2 aliphatic heterocycles. The molecule has 0 spiro atoms. The SMILES string of the molecule is CC(C)(CC(=O)N1CCCC(N2CCNCC2=O)C1)c1ccccc1.Cl. The maximum atomic E-state index is 12.9. The molecule has 1 atom stereocenters. The Morgan fingerprint density at radius 1 is 1.23 bits per heavy atom. The van der Waals surface area contributed by atoms with Crippen molar-refractivity contribution in [1.82, 2.24) is 15.1 Å². The van der Waals surface area contributed by atoms with Crippen LogP contribution >= 0.6 is 12.4 Å². The first-order chi connectivity index (χ1) is 12.0. The van der Waals surface area contributed by atoms with E-state index in [9.17, 15) is 9.59 Å². The van der Waals surface area contributed by atoms with Crippen molar-refractivity contribution >= 4 is 24.2 Å². The van der Waals surface area contributed by atoms with Crippen LogP contribution in [0.1, 0.15) is 38.7 Å². The fraction of sp³-hybridized carbons (Fsp3) is 0.600. The fourth-order valence-corrected chi connectivity index (χ4v) is 3.92. The van der Waals surface area contributed by atoms with Gasteiger partial charge in [0.15, 0.2) is 0 Å². The maximum Gasteiger partial charge on any atom is 0.236 e. The number of piperidine rings is 1. The van der Waals surface area contributed by atoms with Crippen LogP contribution in [-0.4, -0.2) is 60.4 Å². The molecule has 2 amide bonds. The predicted molar refractivity (Wildman–Crippen MR) is 106 cm³/mol. The molecule has 1 unspecified atom stereocenters. The number of benzene rings is 1. The Bertz CT molecular complexity index is 621. The van der Waals surface area contributed by atoms with E-state index in [0.29, 0.717) is 19.5 Å². The summed E-state index contributed by atoms with van der Waals surface area (Å²) in [7, 11) is 0. The lowest BCUT2D eigenvalue weighted by Gasteiger charge is -2.41. The number of rotatable bonds is 4. The van der Waals surface area contributed by atoms with Gasteiger partial charge in [0.05, 0.1) is 6.54 Å². The van der Waals surface area contributed by atoms with Crippen molar-refractivity contribution in [3.05, 3.63) is 35.9 Å². The summed E-state index contributed by atoms with van der Waals surface area (Å²) in [4.78, 5) is 29.0. The van der Waals surface area contributed by atoms with E-state index in [0.717, 1.165) is 32.5 Å². The van der Waals surface area contributed by atoms with Gasteiger partial charge in [-0.2, -0.15) is 0 Å². The second-order valence-corrected chi connectivity index (χ2v) is 7.83. The molecule has 2 aliphatic rings. The van der Waals surface area contributed by atoms with Gasteiger partial charge in [-0.3, -0.25) is 9.59 Å².